The second-order valence-corrected chi connectivity index (χ2v) is 5.23. The molecule has 2 nitrogen and oxygen atoms in total. The Hall–Kier alpha value is -1.53. The van der Waals surface area contributed by atoms with Gasteiger partial charge in [0.15, 0.2) is 11.6 Å². The van der Waals surface area contributed by atoms with E-state index in [1.165, 1.54) is 12.1 Å². The summed E-state index contributed by atoms with van der Waals surface area (Å²) < 4.78 is 13.1. The molecule has 0 fully saturated rings. The van der Waals surface area contributed by atoms with Crippen molar-refractivity contribution < 1.29 is 9.50 Å². The highest BCUT2D eigenvalue weighted by Gasteiger charge is 2.06. The molecule has 0 heterocycles. The van der Waals surface area contributed by atoms with Crippen LogP contribution in [0, 0.1) is 23.6 Å². The second kappa shape index (κ2) is 7.16. The predicted molar refractivity (Wildman–Crippen MR) is 76.5 cm³/mol. The van der Waals surface area contributed by atoms with E-state index in [2.05, 4.69) is 44.7 Å². The van der Waals surface area contributed by atoms with Crippen molar-refractivity contribution in [2.24, 2.45) is 5.92 Å². The molecule has 1 aromatic rings. The predicted octanol–water partition coefficient (Wildman–Crippen LogP) is 3.25. The number of rotatable bonds is 4. The first kappa shape index (κ1) is 15.5. The van der Waals surface area contributed by atoms with Gasteiger partial charge in [-0.05, 0) is 52.1 Å². The van der Waals surface area contributed by atoms with Crippen LogP contribution >= 0.6 is 0 Å². The standard InChI is InChI=1S/C16H22FNO/c1-12(5-7-13(2)18(3)4)6-8-14-9-10-16(19)15(17)11-14/h9-13,19H,5,7H2,1-4H3. The van der Waals surface area contributed by atoms with Crippen molar-refractivity contribution in [2.75, 3.05) is 14.1 Å². The van der Waals surface area contributed by atoms with E-state index >= 15 is 0 Å². The Morgan fingerprint density at radius 3 is 2.53 bits per heavy atom. The van der Waals surface area contributed by atoms with Gasteiger partial charge in [-0.3, -0.25) is 0 Å². The fraction of sp³-hybridized carbons (Fsp3) is 0.500. The lowest BCUT2D eigenvalue weighted by Crippen LogP contribution is -2.24. The Bertz CT molecular complexity index is 473. The second-order valence-electron chi connectivity index (χ2n) is 5.23. The Morgan fingerprint density at radius 2 is 1.95 bits per heavy atom. The summed E-state index contributed by atoms with van der Waals surface area (Å²) in [6, 6.07) is 4.76. The van der Waals surface area contributed by atoms with E-state index in [1.807, 2.05) is 0 Å². The zero-order valence-corrected chi connectivity index (χ0v) is 12.1. The monoisotopic (exact) mass is 263 g/mol. The Morgan fingerprint density at radius 1 is 1.26 bits per heavy atom. The molecule has 1 N–H and O–H groups in total. The molecule has 1 aromatic carbocycles. The molecule has 0 bridgehead atoms. The SMILES string of the molecule is CC(C#Cc1ccc(O)c(F)c1)CCC(C)N(C)C. The number of hydrogen-bond acceptors (Lipinski definition) is 2. The number of phenols is 1. The van der Waals surface area contributed by atoms with E-state index in [9.17, 15) is 4.39 Å². The molecule has 104 valence electrons. The minimum atomic E-state index is -0.624. The highest BCUT2D eigenvalue weighted by Crippen LogP contribution is 2.16. The van der Waals surface area contributed by atoms with Crippen molar-refractivity contribution in [3.8, 4) is 17.6 Å². The van der Waals surface area contributed by atoms with Crippen molar-refractivity contribution in [1.82, 2.24) is 4.90 Å². The first-order valence-electron chi connectivity index (χ1n) is 6.56. The highest BCUT2D eigenvalue weighted by atomic mass is 19.1. The Balaban J connectivity index is 2.55. The number of aromatic hydroxyl groups is 1. The van der Waals surface area contributed by atoms with Gasteiger partial charge in [0.2, 0.25) is 0 Å². The molecule has 0 aliphatic heterocycles. The number of nitrogens with zero attached hydrogens (tertiary/aromatic N) is 1. The van der Waals surface area contributed by atoms with Crippen molar-refractivity contribution in [3.05, 3.63) is 29.6 Å². The molecule has 0 saturated carbocycles. The molecule has 1 rings (SSSR count). The van der Waals surface area contributed by atoms with Crippen LogP contribution in [0.4, 0.5) is 4.39 Å². The highest BCUT2D eigenvalue weighted by molar-refractivity contribution is 5.39. The van der Waals surface area contributed by atoms with Crippen molar-refractivity contribution in [2.45, 2.75) is 32.7 Å². The maximum absolute atomic E-state index is 13.1. The van der Waals surface area contributed by atoms with E-state index in [0.717, 1.165) is 12.8 Å². The van der Waals surface area contributed by atoms with E-state index in [1.54, 1.807) is 6.07 Å². The maximum Gasteiger partial charge on any atom is 0.166 e. The lowest BCUT2D eigenvalue weighted by molar-refractivity contribution is 0.288. The summed E-state index contributed by atoms with van der Waals surface area (Å²) in [6.45, 7) is 4.27. The van der Waals surface area contributed by atoms with Gasteiger partial charge in [-0.2, -0.15) is 0 Å². The fourth-order valence-corrected chi connectivity index (χ4v) is 1.61. The van der Waals surface area contributed by atoms with Gasteiger partial charge in [0.05, 0.1) is 0 Å². The van der Waals surface area contributed by atoms with Crippen LogP contribution in [0.2, 0.25) is 0 Å². The van der Waals surface area contributed by atoms with Crippen LogP contribution in [0.1, 0.15) is 32.3 Å². The van der Waals surface area contributed by atoms with Crippen molar-refractivity contribution >= 4 is 0 Å². The summed E-state index contributed by atoms with van der Waals surface area (Å²) in [7, 11) is 4.14. The summed E-state index contributed by atoms with van der Waals surface area (Å²) >= 11 is 0. The first-order chi connectivity index (χ1) is 8.90. The van der Waals surface area contributed by atoms with Crippen LogP contribution in [-0.4, -0.2) is 30.1 Å². The summed E-state index contributed by atoms with van der Waals surface area (Å²) in [5, 5.41) is 9.09. The van der Waals surface area contributed by atoms with Gasteiger partial charge < -0.3 is 10.0 Å². The van der Waals surface area contributed by atoms with E-state index in [0.29, 0.717) is 11.6 Å². The van der Waals surface area contributed by atoms with Gasteiger partial charge in [0.25, 0.3) is 0 Å². The Kier molecular flexibility index (Phi) is 5.85. The molecule has 0 saturated heterocycles. The average molecular weight is 263 g/mol. The van der Waals surface area contributed by atoms with Gasteiger partial charge in [0.1, 0.15) is 0 Å². The zero-order valence-electron chi connectivity index (χ0n) is 12.1. The molecule has 2 atom stereocenters. The largest absolute Gasteiger partial charge is 0.505 e. The van der Waals surface area contributed by atoms with Gasteiger partial charge in [-0.15, -0.1) is 0 Å². The number of phenolic OH excluding ortho intramolecular Hbond substituents is 1. The molecule has 0 spiro atoms. The van der Waals surface area contributed by atoms with Crippen molar-refractivity contribution in [1.29, 1.82) is 0 Å². The summed E-state index contributed by atoms with van der Waals surface area (Å²) in [4.78, 5) is 2.19. The molecule has 0 amide bonds. The Labute approximate surface area is 115 Å². The van der Waals surface area contributed by atoms with Gasteiger partial charge in [-0.1, -0.05) is 18.8 Å². The molecular weight excluding hydrogens is 241 g/mol. The molecule has 3 heteroatoms. The normalized spacial score (nSPS) is 13.8. The lowest BCUT2D eigenvalue weighted by Gasteiger charge is -2.20. The minimum absolute atomic E-state index is 0.277. The third-order valence-electron chi connectivity index (χ3n) is 3.31. The molecule has 2 unspecified atom stereocenters. The minimum Gasteiger partial charge on any atom is -0.505 e. The summed E-state index contributed by atoms with van der Waals surface area (Å²) in [6.07, 6.45) is 2.11. The smallest absolute Gasteiger partial charge is 0.166 e. The zero-order chi connectivity index (χ0) is 14.4. The van der Waals surface area contributed by atoms with Crippen LogP contribution in [0.3, 0.4) is 0 Å². The van der Waals surface area contributed by atoms with Crippen LogP contribution < -0.4 is 0 Å². The molecule has 0 radical (unpaired) electrons. The summed E-state index contributed by atoms with van der Waals surface area (Å²) in [5.74, 6) is 5.39. The van der Waals surface area contributed by atoms with E-state index in [-0.39, 0.29) is 11.7 Å². The molecular formula is C16H22FNO. The van der Waals surface area contributed by atoms with E-state index < -0.39 is 5.82 Å². The first-order valence-corrected chi connectivity index (χ1v) is 6.56. The molecule has 0 aliphatic carbocycles. The average Bonchev–Trinajstić information content (AvgIpc) is 2.37. The van der Waals surface area contributed by atoms with Crippen molar-refractivity contribution in [3.63, 3.8) is 0 Å². The lowest BCUT2D eigenvalue weighted by atomic mass is 10.0. The third-order valence-corrected chi connectivity index (χ3v) is 3.31. The third kappa shape index (κ3) is 5.32. The van der Waals surface area contributed by atoms with Crippen LogP contribution in [-0.2, 0) is 0 Å². The summed E-state index contributed by atoms with van der Waals surface area (Å²) in [5.41, 5.74) is 0.600. The van der Waals surface area contributed by atoms with Gasteiger partial charge in [-0.25, -0.2) is 4.39 Å². The molecule has 0 aromatic heterocycles. The van der Waals surface area contributed by atoms with Crippen LogP contribution in [0.5, 0.6) is 5.75 Å². The number of hydrogen-bond donors (Lipinski definition) is 1. The van der Waals surface area contributed by atoms with E-state index in [4.69, 9.17) is 5.11 Å². The van der Waals surface area contributed by atoms with Gasteiger partial charge in [0, 0.05) is 17.5 Å². The molecule has 19 heavy (non-hydrogen) atoms. The fourth-order valence-electron chi connectivity index (χ4n) is 1.61. The molecule has 0 aliphatic rings. The van der Waals surface area contributed by atoms with Crippen LogP contribution in [0.15, 0.2) is 18.2 Å². The maximum atomic E-state index is 13.1. The van der Waals surface area contributed by atoms with Gasteiger partial charge >= 0.3 is 0 Å². The number of halogens is 1. The number of benzene rings is 1. The topological polar surface area (TPSA) is 23.5 Å². The van der Waals surface area contributed by atoms with Crippen LogP contribution in [0.25, 0.3) is 0 Å². The quantitative estimate of drug-likeness (QED) is 0.843.